The Bertz CT molecular complexity index is 567. The van der Waals surface area contributed by atoms with Crippen LogP contribution in [-0.2, 0) is 15.6 Å². The summed E-state index contributed by atoms with van der Waals surface area (Å²) in [6.45, 7) is 0.544. The highest BCUT2D eigenvalue weighted by molar-refractivity contribution is 8.13. The molecule has 0 amide bonds. The Labute approximate surface area is 109 Å². The van der Waals surface area contributed by atoms with E-state index in [9.17, 15) is 8.42 Å². The van der Waals surface area contributed by atoms with Crippen LogP contribution in [0.2, 0.25) is 0 Å². The summed E-state index contributed by atoms with van der Waals surface area (Å²) >= 11 is 0. The second-order valence-corrected chi connectivity index (χ2v) is 5.74. The van der Waals surface area contributed by atoms with Crippen LogP contribution in [0.4, 0.5) is 0 Å². The molecule has 0 atom stereocenters. The fourth-order valence-electron chi connectivity index (χ4n) is 1.26. The van der Waals surface area contributed by atoms with E-state index in [4.69, 9.17) is 10.7 Å². The zero-order chi connectivity index (χ0) is 11.6. The SMILES string of the molecule is Cl.O=S(=O)(Cl)c1ccc(Cn2cncn2)cc1. The van der Waals surface area contributed by atoms with Crippen molar-refractivity contribution in [1.82, 2.24) is 14.8 Å². The third-order valence-electron chi connectivity index (χ3n) is 2.02. The molecule has 5 nitrogen and oxygen atoms in total. The molecule has 1 aromatic carbocycles. The smallest absolute Gasteiger partial charge is 0.249 e. The largest absolute Gasteiger partial charge is 0.261 e. The van der Waals surface area contributed by atoms with E-state index in [1.807, 2.05) is 0 Å². The molecular weight excluding hydrogens is 285 g/mol. The van der Waals surface area contributed by atoms with Crippen molar-refractivity contribution in [2.24, 2.45) is 0 Å². The van der Waals surface area contributed by atoms with Crippen LogP contribution >= 0.6 is 23.1 Å². The molecule has 1 aromatic heterocycles. The molecule has 0 saturated carbocycles. The number of halogens is 2. The highest BCUT2D eigenvalue weighted by Crippen LogP contribution is 2.15. The zero-order valence-electron chi connectivity index (χ0n) is 8.52. The lowest BCUT2D eigenvalue weighted by atomic mass is 10.2. The van der Waals surface area contributed by atoms with E-state index in [1.165, 1.54) is 18.5 Å². The van der Waals surface area contributed by atoms with Gasteiger partial charge in [0.25, 0.3) is 9.05 Å². The Morgan fingerprint density at radius 3 is 2.35 bits per heavy atom. The summed E-state index contributed by atoms with van der Waals surface area (Å²) in [6, 6.07) is 6.32. The van der Waals surface area contributed by atoms with Gasteiger partial charge in [-0.15, -0.1) is 12.4 Å². The number of nitrogens with zero attached hydrogens (tertiary/aromatic N) is 3. The Hall–Kier alpha value is -1.11. The van der Waals surface area contributed by atoms with Crippen LogP contribution in [0.15, 0.2) is 41.8 Å². The molecular formula is C9H9Cl2N3O2S. The van der Waals surface area contributed by atoms with Gasteiger partial charge in [-0.3, -0.25) is 0 Å². The Morgan fingerprint density at radius 1 is 1.24 bits per heavy atom. The maximum atomic E-state index is 11.0. The predicted molar refractivity (Wildman–Crippen MR) is 65.9 cm³/mol. The third-order valence-corrected chi connectivity index (χ3v) is 3.39. The molecule has 0 bridgehead atoms. The number of hydrogen-bond donors (Lipinski definition) is 0. The molecule has 92 valence electrons. The molecule has 2 rings (SSSR count). The van der Waals surface area contributed by atoms with Crippen LogP contribution in [0.5, 0.6) is 0 Å². The normalized spacial score (nSPS) is 10.9. The molecule has 0 N–H and O–H groups in total. The Morgan fingerprint density at radius 2 is 1.88 bits per heavy atom. The number of rotatable bonds is 3. The molecule has 0 aliphatic heterocycles. The molecule has 1 heterocycles. The standard InChI is InChI=1S/C9H8ClN3O2S.ClH/c10-16(14,15)9-3-1-8(2-4-9)5-13-7-11-6-12-13;/h1-4,6-7H,5H2;1H. The number of aromatic nitrogens is 3. The van der Waals surface area contributed by atoms with Gasteiger partial charge in [-0.2, -0.15) is 5.10 Å². The van der Waals surface area contributed by atoms with E-state index in [-0.39, 0.29) is 17.3 Å². The summed E-state index contributed by atoms with van der Waals surface area (Å²) in [4.78, 5) is 3.90. The second-order valence-electron chi connectivity index (χ2n) is 3.17. The number of hydrogen-bond acceptors (Lipinski definition) is 4. The van der Waals surface area contributed by atoms with Gasteiger partial charge in [-0.1, -0.05) is 12.1 Å². The van der Waals surface area contributed by atoms with Crippen LogP contribution in [0.3, 0.4) is 0 Å². The minimum absolute atomic E-state index is 0. The van der Waals surface area contributed by atoms with Crippen molar-refractivity contribution in [2.45, 2.75) is 11.4 Å². The minimum Gasteiger partial charge on any atom is -0.249 e. The van der Waals surface area contributed by atoms with Gasteiger partial charge in [0, 0.05) is 10.7 Å². The molecule has 0 aliphatic rings. The Kier molecular flexibility index (Phi) is 4.50. The lowest BCUT2D eigenvalue weighted by Crippen LogP contribution is -2.00. The molecule has 0 saturated heterocycles. The first kappa shape index (κ1) is 14.0. The lowest BCUT2D eigenvalue weighted by molar-refractivity contribution is 0.609. The molecule has 2 aromatic rings. The summed E-state index contributed by atoms with van der Waals surface area (Å²) in [6.07, 6.45) is 3.03. The van der Waals surface area contributed by atoms with Crippen molar-refractivity contribution in [3.8, 4) is 0 Å². The average Bonchev–Trinajstić information content (AvgIpc) is 2.70. The van der Waals surface area contributed by atoms with Gasteiger partial charge < -0.3 is 0 Å². The van der Waals surface area contributed by atoms with Crippen LogP contribution in [0.1, 0.15) is 5.56 Å². The first-order valence-electron chi connectivity index (χ1n) is 4.42. The predicted octanol–water partition coefficient (Wildman–Crippen LogP) is 1.68. The maximum Gasteiger partial charge on any atom is 0.261 e. The van der Waals surface area contributed by atoms with Crippen molar-refractivity contribution >= 4 is 32.1 Å². The van der Waals surface area contributed by atoms with Crippen molar-refractivity contribution in [3.05, 3.63) is 42.5 Å². The van der Waals surface area contributed by atoms with E-state index in [1.54, 1.807) is 23.1 Å². The average molecular weight is 294 g/mol. The number of benzene rings is 1. The van der Waals surface area contributed by atoms with Crippen molar-refractivity contribution in [1.29, 1.82) is 0 Å². The van der Waals surface area contributed by atoms with Crippen LogP contribution in [0, 0.1) is 0 Å². The summed E-state index contributed by atoms with van der Waals surface area (Å²) in [5, 5.41) is 3.94. The topological polar surface area (TPSA) is 64.8 Å². The van der Waals surface area contributed by atoms with E-state index >= 15 is 0 Å². The first-order valence-corrected chi connectivity index (χ1v) is 6.73. The molecule has 0 spiro atoms. The van der Waals surface area contributed by atoms with Gasteiger partial charge in [0.05, 0.1) is 11.4 Å². The van der Waals surface area contributed by atoms with Crippen LogP contribution in [0.25, 0.3) is 0 Å². The van der Waals surface area contributed by atoms with E-state index < -0.39 is 9.05 Å². The highest BCUT2D eigenvalue weighted by atomic mass is 35.7. The van der Waals surface area contributed by atoms with Gasteiger partial charge in [0.1, 0.15) is 12.7 Å². The summed E-state index contributed by atoms with van der Waals surface area (Å²) in [7, 11) is 1.55. The van der Waals surface area contributed by atoms with Gasteiger partial charge in [-0.25, -0.2) is 18.1 Å². The Balaban J connectivity index is 0.00000144. The van der Waals surface area contributed by atoms with Crippen molar-refractivity contribution in [2.75, 3.05) is 0 Å². The monoisotopic (exact) mass is 293 g/mol. The molecule has 0 unspecified atom stereocenters. The van der Waals surface area contributed by atoms with E-state index in [2.05, 4.69) is 10.1 Å². The van der Waals surface area contributed by atoms with Crippen molar-refractivity contribution in [3.63, 3.8) is 0 Å². The van der Waals surface area contributed by atoms with E-state index in [0.717, 1.165) is 5.56 Å². The van der Waals surface area contributed by atoms with Gasteiger partial charge >= 0.3 is 0 Å². The first-order chi connectivity index (χ1) is 7.55. The van der Waals surface area contributed by atoms with E-state index in [0.29, 0.717) is 6.54 Å². The molecule has 17 heavy (non-hydrogen) atoms. The van der Waals surface area contributed by atoms with Crippen LogP contribution < -0.4 is 0 Å². The molecule has 0 aliphatic carbocycles. The summed E-state index contributed by atoms with van der Waals surface area (Å²) in [5.74, 6) is 0. The lowest BCUT2D eigenvalue weighted by Gasteiger charge is -2.01. The quantitative estimate of drug-likeness (QED) is 0.808. The van der Waals surface area contributed by atoms with Crippen LogP contribution in [-0.4, -0.2) is 23.2 Å². The molecule has 8 heteroatoms. The maximum absolute atomic E-state index is 11.0. The highest BCUT2D eigenvalue weighted by Gasteiger charge is 2.08. The minimum atomic E-state index is -3.64. The van der Waals surface area contributed by atoms with Gasteiger partial charge in [0.2, 0.25) is 0 Å². The molecule has 0 radical (unpaired) electrons. The fraction of sp³-hybridized carbons (Fsp3) is 0.111. The third kappa shape index (κ3) is 3.69. The van der Waals surface area contributed by atoms with Gasteiger partial charge in [-0.05, 0) is 17.7 Å². The summed E-state index contributed by atoms with van der Waals surface area (Å²) < 4.78 is 23.6. The summed E-state index contributed by atoms with van der Waals surface area (Å²) in [5.41, 5.74) is 0.926. The molecule has 0 fully saturated rings. The fourth-order valence-corrected chi connectivity index (χ4v) is 2.03. The van der Waals surface area contributed by atoms with Gasteiger partial charge in [0.15, 0.2) is 0 Å². The second kappa shape index (κ2) is 5.48. The zero-order valence-corrected chi connectivity index (χ0v) is 10.9. The van der Waals surface area contributed by atoms with Crippen molar-refractivity contribution < 1.29 is 8.42 Å².